The van der Waals surface area contributed by atoms with E-state index in [0.717, 1.165) is 12.8 Å². The second kappa shape index (κ2) is 5.30. The standard InChI is InChI=1S/C14H17NO4/c1-9(14(17)18)15(11-6-7-11)13(16)10-4-3-5-12(8-10)19-2/h3-5,8-9,11H,6-7H2,1-2H3,(H,17,18). The lowest BCUT2D eigenvalue weighted by molar-refractivity contribution is -0.141. The first kappa shape index (κ1) is 13.4. The highest BCUT2D eigenvalue weighted by molar-refractivity contribution is 5.97. The van der Waals surface area contributed by atoms with Crippen molar-refractivity contribution < 1.29 is 19.4 Å². The van der Waals surface area contributed by atoms with Crippen LogP contribution in [0.5, 0.6) is 5.75 Å². The van der Waals surface area contributed by atoms with E-state index in [0.29, 0.717) is 11.3 Å². The van der Waals surface area contributed by atoms with E-state index in [1.807, 2.05) is 0 Å². The van der Waals surface area contributed by atoms with Crippen LogP contribution in [0, 0.1) is 0 Å². The number of carbonyl (C=O) groups excluding carboxylic acids is 1. The molecule has 1 unspecified atom stereocenters. The lowest BCUT2D eigenvalue weighted by Crippen LogP contribution is -2.44. The summed E-state index contributed by atoms with van der Waals surface area (Å²) >= 11 is 0. The van der Waals surface area contributed by atoms with Gasteiger partial charge < -0.3 is 14.7 Å². The molecule has 0 aliphatic heterocycles. The molecule has 0 bridgehead atoms. The molecular formula is C14H17NO4. The van der Waals surface area contributed by atoms with Gasteiger partial charge >= 0.3 is 5.97 Å². The molecule has 1 aliphatic carbocycles. The minimum Gasteiger partial charge on any atom is -0.497 e. The number of rotatable bonds is 5. The van der Waals surface area contributed by atoms with Gasteiger partial charge in [0.05, 0.1) is 7.11 Å². The Kier molecular flexibility index (Phi) is 3.74. The Morgan fingerprint density at radius 1 is 1.42 bits per heavy atom. The number of methoxy groups -OCH3 is 1. The van der Waals surface area contributed by atoms with Crippen LogP contribution in [0.3, 0.4) is 0 Å². The Balaban J connectivity index is 2.26. The zero-order valence-electron chi connectivity index (χ0n) is 11.0. The van der Waals surface area contributed by atoms with Gasteiger partial charge in [-0.15, -0.1) is 0 Å². The normalized spacial score (nSPS) is 15.7. The van der Waals surface area contributed by atoms with Crippen LogP contribution in [0.25, 0.3) is 0 Å². The molecule has 1 aromatic carbocycles. The van der Waals surface area contributed by atoms with Crippen LogP contribution in [-0.2, 0) is 4.79 Å². The summed E-state index contributed by atoms with van der Waals surface area (Å²) in [5.74, 6) is -0.649. The van der Waals surface area contributed by atoms with Crippen molar-refractivity contribution in [3.05, 3.63) is 29.8 Å². The molecule has 0 spiro atoms. The van der Waals surface area contributed by atoms with E-state index in [2.05, 4.69) is 0 Å². The van der Waals surface area contributed by atoms with Crippen molar-refractivity contribution >= 4 is 11.9 Å². The molecule has 1 saturated carbocycles. The van der Waals surface area contributed by atoms with E-state index in [4.69, 9.17) is 9.84 Å². The third kappa shape index (κ3) is 2.86. The smallest absolute Gasteiger partial charge is 0.326 e. The second-order valence-corrected chi connectivity index (χ2v) is 4.69. The van der Waals surface area contributed by atoms with Gasteiger partial charge in [-0.25, -0.2) is 4.79 Å². The predicted molar refractivity (Wildman–Crippen MR) is 69.3 cm³/mol. The maximum Gasteiger partial charge on any atom is 0.326 e. The molecule has 1 aliphatic rings. The van der Waals surface area contributed by atoms with Gasteiger partial charge in [0.1, 0.15) is 11.8 Å². The Hall–Kier alpha value is -2.04. The minimum atomic E-state index is -0.983. The molecule has 0 saturated heterocycles. The fourth-order valence-electron chi connectivity index (χ4n) is 2.03. The number of ether oxygens (including phenoxy) is 1. The first-order valence-electron chi connectivity index (χ1n) is 6.24. The molecule has 1 fully saturated rings. The number of amides is 1. The molecule has 0 heterocycles. The topological polar surface area (TPSA) is 66.8 Å². The molecule has 19 heavy (non-hydrogen) atoms. The van der Waals surface area contributed by atoms with E-state index in [1.54, 1.807) is 31.2 Å². The van der Waals surface area contributed by atoms with Gasteiger partial charge in [0, 0.05) is 11.6 Å². The van der Waals surface area contributed by atoms with Crippen molar-refractivity contribution in [1.29, 1.82) is 0 Å². The summed E-state index contributed by atoms with van der Waals surface area (Å²) < 4.78 is 5.08. The third-order valence-corrected chi connectivity index (χ3v) is 3.27. The quantitative estimate of drug-likeness (QED) is 0.879. The van der Waals surface area contributed by atoms with E-state index in [9.17, 15) is 9.59 Å². The number of hydrogen-bond donors (Lipinski definition) is 1. The predicted octanol–water partition coefficient (Wildman–Crippen LogP) is 1.77. The zero-order valence-corrected chi connectivity index (χ0v) is 11.0. The average molecular weight is 263 g/mol. The number of carboxylic acid groups (broad SMARTS) is 1. The lowest BCUT2D eigenvalue weighted by Gasteiger charge is -2.26. The Labute approximate surface area is 111 Å². The van der Waals surface area contributed by atoms with Gasteiger partial charge in [0.25, 0.3) is 5.91 Å². The molecule has 5 heteroatoms. The molecule has 0 radical (unpaired) electrons. The van der Waals surface area contributed by atoms with Crippen molar-refractivity contribution in [2.75, 3.05) is 7.11 Å². The van der Waals surface area contributed by atoms with Crippen molar-refractivity contribution in [1.82, 2.24) is 4.90 Å². The number of nitrogens with zero attached hydrogens (tertiary/aromatic N) is 1. The van der Waals surface area contributed by atoms with Crippen LogP contribution in [0.15, 0.2) is 24.3 Å². The fourth-order valence-corrected chi connectivity index (χ4v) is 2.03. The fraction of sp³-hybridized carbons (Fsp3) is 0.429. The molecule has 0 aromatic heterocycles. The van der Waals surface area contributed by atoms with Crippen LogP contribution >= 0.6 is 0 Å². The van der Waals surface area contributed by atoms with Gasteiger partial charge in [-0.3, -0.25) is 4.79 Å². The summed E-state index contributed by atoms with van der Waals surface area (Å²) in [6, 6.07) is 6.01. The second-order valence-electron chi connectivity index (χ2n) is 4.69. The van der Waals surface area contributed by atoms with Crippen molar-refractivity contribution in [3.63, 3.8) is 0 Å². The number of hydrogen-bond acceptors (Lipinski definition) is 3. The summed E-state index contributed by atoms with van der Waals surface area (Å²) in [5.41, 5.74) is 0.458. The molecule has 102 valence electrons. The Morgan fingerprint density at radius 3 is 2.63 bits per heavy atom. The van der Waals surface area contributed by atoms with Crippen LogP contribution in [-0.4, -0.2) is 41.1 Å². The molecule has 1 amide bonds. The van der Waals surface area contributed by atoms with Gasteiger partial charge in [0.2, 0.25) is 0 Å². The summed E-state index contributed by atoms with van der Waals surface area (Å²) in [6.45, 7) is 1.54. The molecule has 1 atom stereocenters. The summed E-state index contributed by atoms with van der Waals surface area (Å²) in [6.07, 6.45) is 1.74. The zero-order chi connectivity index (χ0) is 14.0. The van der Waals surface area contributed by atoms with E-state index >= 15 is 0 Å². The van der Waals surface area contributed by atoms with Crippen molar-refractivity contribution in [3.8, 4) is 5.75 Å². The minimum absolute atomic E-state index is 0.0461. The average Bonchev–Trinajstić information content (AvgIpc) is 3.23. The Morgan fingerprint density at radius 2 is 2.11 bits per heavy atom. The molecular weight excluding hydrogens is 246 g/mol. The molecule has 1 aromatic rings. The number of benzene rings is 1. The van der Waals surface area contributed by atoms with Gasteiger partial charge in [-0.05, 0) is 38.0 Å². The highest BCUT2D eigenvalue weighted by Gasteiger charge is 2.38. The molecule has 1 N–H and O–H groups in total. The van der Waals surface area contributed by atoms with Crippen LogP contribution in [0.4, 0.5) is 0 Å². The maximum atomic E-state index is 12.4. The highest BCUT2D eigenvalue weighted by Crippen LogP contribution is 2.30. The Bertz CT molecular complexity index is 496. The number of carboxylic acids is 1. The molecule has 2 rings (SSSR count). The van der Waals surface area contributed by atoms with Crippen LogP contribution in [0.2, 0.25) is 0 Å². The third-order valence-electron chi connectivity index (χ3n) is 3.27. The lowest BCUT2D eigenvalue weighted by atomic mass is 10.1. The van der Waals surface area contributed by atoms with Gasteiger partial charge in [-0.1, -0.05) is 6.07 Å². The summed E-state index contributed by atoms with van der Waals surface area (Å²) in [5, 5.41) is 9.11. The van der Waals surface area contributed by atoms with E-state index in [1.165, 1.54) is 12.0 Å². The van der Waals surface area contributed by atoms with Crippen molar-refractivity contribution in [2.24, 2.45) is 0 Å². The van der Waals surface area contributed by atoms with E-state index < -0.39 is 12.0 Å². The van der Waals surface area contributed by atoms with Crippen molar-refractivity contribution in [2.45, 2.75) is 31.8 Å². The van der Waals surface area contributed by atoms with Gasteiger partial charge in [-0.2, -0.15) is 0 Å². The first-order chi connectivity index (χ1) is 9.04. The highest BCUT2D eigenvalue weighted by atomic mass is 16.5. The van der Waals surface area contributed by atoms with Crippen LogP contribution < -0.4 is 4.74 Å². The first-order valence-corrected chi connectivity index (χ1v) is 6.24. The summed E-state index contributed by atoms with van der Waals surface area (Å²) in [4.78, 5) is 25.0. The number of carbonyl (C=O) groups is 2. The van der Waals surface area contributed by atoms with E-state index in [-0.39, 0.29) is 11.9 Å². The van der Waals surface area contributed by atoms with Crippen LogP contribution in [0.1, 0.15) is 30.1 Å². The monoisotopic (exact) mass is 263 g/mol. The van der Waals surface area contributed by atoms with Gasteiger partial charge in [0.15, 0.2) is 0 Å². The largest absolute Gasteiger partial charge is 0.497 e. The molecule has 5 nitrogen and oxygen atoms in total. The summed E-state index contributed by atoms with van der Waals surface area (Å²) in [7, 11) is 1.53. The maximum absolute atomic E-state index is 12.4. The number of aliphatic carboxylic acids is 1. The SMILES string of the molecule is COc1cccc(C(=O)N(C2CC2)C(C)C(=O)O)c1.